The lowest BCUT2D eigenvalue weighted by Gasteiger charge is -2.58. The highest BCUT2D eigenvalue weighted by atomic mass is 16.3. The maximum Gasteiger partial charge on any atom is 0.137 e. The minimum atomic E-state index is -0.135. The number of Topliss-reactive ketones (excluding diaryl/α,β-unsaturated/α-hetero) is 1. The number of aliphatic hydroxyl groups is 1. The van der Waals surface area contributed by atoms with Crippen LogP contribution < -0.4 is 0 Å². The number of hydrogen-bond acceptors (Lipinski definition) is 2. The van der Waals surface area contributed by atoms with E-state index in [0.29, 0.717) is 23.5 Å². The molecule has 1 N–H and O–H groups in total. The van der Waals surface area contributed by atoms with Gasteiger partial charge in [-0.3, -0.25) is 4.79 Å². The van der Waals surface area contributed by atoms with Gasteiger partial charge in [0.15, 0.2) is 0 Å². The molecule has 0 bridgehead atoms. The van der Waals surface area contributed by atoms with Crippen LogP contribution in [0.1, 0.15) is 98.8 Å². The van der Waals surface area contributed by atoms with E-state index < -0.39 is 0 Å². The van der Waals surface area contributed by atoms with Gasteiger partial charge >= 0.3 is 0 Å². The summed E-state index contributed by atoms with van der Waals surface area (Å²) in [6, 6.07) is 0. The van der Waals surface area contributed by atoms with E-state index in [-0.39, 0.29) is 22.9 Å². The van der Waals surface area contributed by atoms with E-state index in [9.17, 15) is 9.90 Å². The lowest BCUT2D eigenvalue weighted by molar-refractivity contribution is -0.124. The van der Waals surface area contributed by atoms with Crippen LogP contribution in [0.2, 0.25) is 0 Å². The summed E-state index contributed by atoms with van der Waals surface area (Å²) >= 11 is 0. The molecular formula is C27H44O2. The van der Waals surface area contributed by atoms with Gasteiger partial charge in [0.1, 0.15) is 5.78 Å². The molecule has 4 aliphatic rings. The summed E-state index contributed by atoms with van der Waals surface area (Å²) in [5.41, 5.74) is 2.02. The summed E-state index contributed by atoms with van der Waals surface area (Å²) in [6.07, 6.45) is 13.6. The van der Waals surface area contributed by atoms with Crippen LogP contribution in [-0.4, -0.2) is 17.0 Å². The Morgan fingerprint density at radius 1 is 1.07 bits per heavy atom. The molecule has 29 heavy (non-hydrogen) atoms. The maximum absolute atomic E-state index is 13.3. The largest absolute Gasteiger partial charge is 0.393 e. The minimum Gasteiger partial charge on any atom is -0.393 e. The maximum atomic E-state index is 13.3. The van der Waals surface area contributed by atoms with Gasteiger partial charge in [0, 0.05) is 12.3 Å². The SMILES string of the molecule is CC(C)CCC[C@@H](C)[C@H]1C(=O)C[C@H]2[C@@H]3CC=C4C[C@@H](O)CC[C@]4(C)[C@H]3CC[C@]12C. The second-order valence-electron chi connectivity index (χ2n) is 12.2. The lowest BCUT2D eigenvalue weighted by atomic mass is 9.47. The van der Waals surface area contributed by atoms with Crippen LogP contribution >= 0.6 is 0 Å². The van der Waals surface area contributed by atoms with Crippen molar-refractivity contribution in [1.29, 1.82) is 0 Å². The van der Waals surface area contributed by atoms with Crippen molar-refractivity contribution in [2.75, 3.05) is 0 Å². The van der Waals surface area contributed by atoms with Crippen molar-refractivity contribution < 1.29 is 9.90 Å². The Morgan fingerprint density at radius 2 is 1.83 bits per heavy atom. The highest BCUT2D eigenvalue weighted by Crippen LogP contribution is 2.66. The molecule has 0 radical (unpaired) electrons. The van der Waals surface area contributed by atoms with Crippen LogP contribution in [0.5, 0.6) is 0 Å². The van der Waals surface area contributed by atoms with E-state index in [1.165, 1.54) is 37.7 Å². The summed E-state index contributed by atoms with van der Waals surface area (Å²) in [5.74, 6) is 4.13. The highest BCUT2D eigenvalue weighted by molar-refractivity contribution is 5.85. The smallest absolute Gasteiger partial charge is 0.137 e. The molecule has 3 saturated carbocycles. The zero-order valence-corrected chi connectivity index (χ0v) is 19.5. The zero-order chi connectivity index (χ0) is 21.0. The first kappa shape index (κ1) is 21.6. The number of hydrogen-bond donors (Lipinski definition) is 1. The Morgan fingerprint density at radius 3 is 2.55 bits per heavy atom. The van der Waals surface area contributed by atoms with Gasteiger partial charge < -0.3 is 5.11 Å². The molecule has 0 unspecified atom stereocenters. The molecule has 0 aromatic rings. The fourth-order valence-corrected chi connectivity index (χ4v) is 8.45. The number of fused-ring (bicyclic) bond motifs is 5. The van der Waals surface area contributed by atoms with E-state index in [2.05, 4.69) is 40.7 Å². The standard InChI is InChI=1S/C27H44O2/c1-17(2)7-6-8-18(3)25-24(29)16-23-21-10-9-19-15-20(28)11-13-26(19,4)22(21)12-14-27(23,25)5/h9,17-18,20-23,25,28H,6-8,10-16H2,1-5H3/t18-,20+,21-,22+,23+,25+,26+,27+/m1/s1. The fourth-order valence-electron chi connectivity index (χ4n) is 8.45. The van der Waals surface area contributed by atoms with Crippen molar-refractivity contribution in [3.8, 4) is 0 Å². The Balaban J connectivity index is 1.54. The topological polar surface area (TPSA) is 37.3 Å². The zero-order valence-electron chi connectivity index (χ0n) is 19.5. The molecule has 3 fully saturated rings. The van der Waals surface area contributed by atoms with Crippen LogP contribution in [0, 0.1) is 46.3 Å². The van der Waals surface area contributed by atoms with Gasteiger partial charge in [0.05, 0.1) is 6.10 Å². The van der Waals surface area contributed by atoms with E-state index >= 15 is 0 Å². The third-order valence-electron chi connectivity index (χ3n) is 10.0. The average molecular weight is 401 g/mol. The van der Waals surface area contributed by atoms with Crippen LogP contribution in [0.3, 0.4) is 0 Å². The molecule has 0 aliphatic heterocycles. The summed E-state index contributed by atoms with van der Waals surface area (Å²) in [5, 5.41) is 10.2. The Bertz CT molecular complexity index is 663. The van der Waals surface area contributed by atoms with Crippen LogP contribution in [-0.2, 0) is 4.79 Å². The molecule has 0 saturated heterocycles. The quantitative estimate of drug-likeness (QED) is 0.530. The molecule has 0 aromatic heterocycles. The van der Waals surface area contributed by atoms with Crippen LogP contribution in [0.15, 0.2) is 11.6 Å². The average Bonchev–Trinajstić information content (AvgIpc) is 2.92. The van der Waals surface area contributed by atoms with Crippen molar-refractivity contribution in [3.63, 3.8) is 0 Å². The van der Waals surface area contributed by atoms with Gasteiger partial charge in [-0.05, 0) is 85.4 Å². The molecule has 0 amide bonds. The fraction of sp³-hybridized carbons (Fsp3) is 0.889. The minimum absolute atomic E-state index is 0.135. The summed E-state index contributed by atoms with van der Waals surface area (Å²) < 4.78 is 0. The monoisotopic (exact) mass is 400 g/mol. The van der Waals surface area contributed by atoms with Gasteiger partial charge in [-0.2, -0.15) is 0 Å². The van der Waals surface area contributed by atoms with Gasteiger partial charge in [0.25, 0.3) is 0 Å². The predicted octanol–water partition coefficient (Wildman–Crippen LogP) is 6.57. The Labute approximate surface area is 178 Å². The third kappa shape index (κ3) is 3.56. The molecule has 0 spiro atoms. The second kappa shape index (κ2) is 7.81. The first-order chi connectivity index (χ1) is 13.7. The summed E-state index contributed by atoms with van der Waals surface area (Å²) in [7, 11) is 0. The van der Waals surface area contributed by atoms with Crippen LogP contribution in [0.25, 0.3) is 0 Å². The number of ketones is 1. The molecule has 0 aromatic carbocycles. The van der Waals surface area contributed by atoms with Crippen molar-refractivity contribution in [1.82, 2.24) is 0 Å². The third-order valence-corrected chi connectivity index (χ3v) is 10.0. The first-order valence-corrected chi connectivity index (χ1v) is 12.6. The Kier molecular flexibility index (Phi) is 5.82. The van der Waals surface area contributed by atoms with Crippen LogP contribution in [0.4, 0.5) is 0 Å². The van der Waals surface area contributed by atoms with E-state index in [1.54, 1.807) is 0 Å². The lowest BCUT2D eigenvalue weighted by Crippen LogP contribution is -2.51. The normalized spacial score (nSPS) is 45.4. The predicted molar refractivity (Wildman–Crippen MR) is 119 cm³/mol. The second-order valence-corrected chi connectivity index (χ2v) is 12.2. The highest BCUT2D eigenvalue weighted by Gasteiger charge is 2.61. The molecule has 4 aliphatic carbocycles. The van der Waals surface area contributed by atoms with E-state index in [1.807, 2.05) is 0 Å². The van der Waals surface area contributed by atoms with Crippen molar-refractivity contribution in [2.45, 2.75) is 105 Å². The van der Waals surface area contributed by atoms with E-state index in [4.69, 9.17) is 0 Å². The van der Waals surface area contributed by atoms with Crippen molar-refractivity contribution in [2.24, 2.45) is 46.3 Å². The van der Waals surface area contributed by atoms with Crippen molar-refractivity contribution >= 4 is 5.78 Å². The van der Waals surface area contributed by atoms with Gasteiger partial charge in [-0.15, -0.1) is 0 Å². The van der Waals surface area contributed by atoms with Gasteiger partial charge in [0.2, 0.25) is 0 Å². The molecule has 0 heterocycles. The number of carbonyl (C=O) groups is 1. The molecule has 8 atom stereocenters. The molecular weight excluding hydrogens is 356 g/mol. The molecule has 164 valence electrons. The summed E-state index contributed by atoms with van der Waals surface area (Å²) in [6.45, 7) is 11.9. The van der Waals surface area contributed by atoms with E-state index in [0.717, 1.165) is 43.9 Å². The number of rotatable bonds is 5. The molecule has 2 heteroatoms. The summed E-state index contributed by atoms with van der Waals surface area (Å²) in [4.78, 5) is 13.3. The van der Waals surface area contributed by atoms with Gasteiger partial charge in [-0.25, -0.2) is 0 Å². The number of aliphatic hydroxyl groups excluding tert-OH is 1. The first-order valence-electron chi connectivity index (χ1n) is 12.6. The number of carbonyl (C=O) groups excluding carboxylic acids is 1. The number of allylic oxidation sites excluding steroid dienone is 1. The molecule has 2 nitrogen and oxygen atoms in total. The Hall–Kier alpha value is -0.630. The van der Waals surface area contributed by atoms with Crippen molar-refractivity contribution in [3.05, 3.63) is 11.6 Å². The van der Waals surface area contributed by atoms with Gasteiger partial charge in [-0.1, -0.05) is 59.1 Å². The molecule has 4 rings (SSSR count).